The molecular weight excluding hydrogens is 990 g/mol. The van der Waals surface area contributed by atoms with Gasteiger partial charge >= 0.3 is 11.9 Å². The summed E-state index contributed by atoms with van der Waals surface area (Å²) in [6.45, 7) is 4.15. The molecule has 0 N–H and O–H groups in total. The predicted molar refractivity (Wildman–Crippen MR) is 333 cm³/mol. The lowest BCUT2D eigenvalue weighted by Crippen LogP contribution is -2.37. The minimum atomic E-state index is -4.63. The second kappa shape index (κ2) is 59.1. The third-order valence-electron chi connectivity index (χ3n) is 14.2. The summed E-state index contributed by atoms with van der Waals surface area (Å²) in [5, 5.41) is 0. The molecule has 0 bridgehead atoms. The Morgan fingerprint density at radius 1 is 0.410 bits per heavy atom. The number of allylic oxidation sites excluding steroid dienone is 12. The van der Waals surface area contributed by atoms with E-state index in [4.69, 9.17) is 18.5 Å². The van der Waals surface area contributed by atoms with Crippen LogP contribution in [0.25, 0.3) is 0 Å². The van der Waals surface area contributed by atoms with Gasteiger partial charge in [-0.25, -0.2) is 0 Å². The molecule has 2 atom stereocenters. The maximum absolute atomic E-state index is 12.8. The number of carbonyl (C=O) groups is 2. The quantitative estimate of drug-likeness (QED) is 0.0195. The maximum atomic E-state index is 12.8. The number of hydrogen-bond acceptors (Lipinski definition) is 8. The standard InChI is InChI=1S/C68H124NO8P/c1-6-8-10-12-14-16-18-20-21-22-23-24-25-26-27-28-29-30-31-32-33-34-35-36-37-38-39-40-41-42-43-44-45-46-47-49-51-53-55-57-59-61-68(71)77-66(65-76-78(72,73)75-63-62-69(3,4)5)64-74-67(70)60-58-56-54-52-50-48-19-17-15-13-11-9-7-2/h8,10,14,16,20-21,23-24,26-27,29-30,66H,6-7,9,11-13,15,17-19,22,25,28,31-65H2,1-5H3/b10-8-,16-14-,21-20-,24-23-,27-26-,30-29-. The van der Waals surface area contributed by atoms with Crippen LogP contribution in [0.4, 0.5) is 0 Å². The van der Waals surface area contributed by atoms with Gasteiger partial charge in [0.1, 0.15) is 19.8 Å². The van der Waals surface area contributed by atoms with Crippen molar-refractivity contribution in [1.82, 2.24) is 0 Å². The van der Waals surface area contributed by atoms with Gasteiger partial charge in [-0.3, -0.25) is 14.2 Å². The van der Waals surface area contributed by atoms with Gasteiger partial charge in [0.25, 0.3) is 7.82 Å². The van der Waals surface area contributed by atoms with Crippen molar-refractivity contribution in [3.05, 3.63) is 72.9 Å². The van der Waals surface area contributed by atoms with Crippen LogP contribution in [0.3, 0.4) is 0 Å². The van der Waals surface area contributed by atoms with Crippen molar-refractivity contribution in [3.8, 4) is 0 Å². The van der Waals surface area contributed by atoms with Crippen molar-refractivity contribution in [2.24, 2.45) is 0 Å². The first kappa shape index (κ1) is 75.5. The Morgan fingerprint density at radius 3 is 1.09 bits per heavy atom. The summed E-state index contributed by atoms with van der Waals surface area (Å²) < 4.78 is 34.2. The topological polar surface area (TPSA) is 111 Å². The number of quaternary nitrogens is 1. The molecule has 0 heterocycles. The molecule has 454 valence electrons. The molecule has 0 spiro atoms. The second-order valence-corrected chi connectivity index (χ2v) is 24.5. The monoisotopic (exact) mass is 1110 g/mol. The maximum Gasteiger partial charge on any atom is 0.306 e. The Kier molecular flexibility index (Phi) is 57.2. The minimum Gasteiger partial charge on any atom is -0.756 e. The SMILES string of the molecule is CC/C=C\C/C=C\C/C=C\C/C=C\C/C=C\C/C=C\CCCCCCCCCCCCCCCCCCCCCCCCC(=O)OC(COC(=O)CCCCCCCCCCCCCCC)COP(=O)([O-])OCC[N+](C)(C)C. The van der Waals surface area contributed by atoms with Crippen LogP contribution in [0.15, 0.2) is 72.9 Å². The first-order valence-corrected chi connectivity index (χ1v) is 34.1. The van der Waals surface area contributed by atoms with Gasteiger partial charge in [-0.15, -0.1) is 0 Å². The largest absolute Gasteiger partial charge is 0.756 e. The lowest BCUT2D eigenvalue weighted by atomic mass is 10.0. The molecule has 0 fully saturated rings. The molecule has 0 aliphatic heterocycles. The van der Waals surface area contributed by atoms with E-state index in [2.05, 4.69) is 86.8 Å². The Hall–Kier alpha value is -2.55. The number of carbonyl (C=O) groups excluding carboxylic acids is 2. The minimum absolute atomic E-state index is 0.0289. The van der Waals surface area contributed by atoms with E-state index in [-0.39, 0.29) is 32.0 Å². The van der Waals surface area contributed by atoms with Gasteiger partial charge in [-0.1, -0.05) is 292 Å². The molecular formula is C68H124NO8P. The zero-order valence-corrected chi connectivity index (χ0v) is 52.5. The molecule has 0 saturated heterocycles. The number of hydrogen-bond donors (Lipinski definition) is 0. The average molecular weight is 1110 g/mol. The highest BCUT2D eigenvalue weighted by atomic mass is 31.2. The second-order valence-electron chi connectivity index (χ2n) is 23.1. The molecule has 0 aromatic heterocycles. The molecule has 2 unspecified atom stereocenters. The Balaban J connectivity index is 3.88. The molecule has 10 heteroatoms. The van der Waals surface area contributed by atoms with Crippen LogP contribution in [0.2, 0.25) is 0 Å². The van der Waals surface area contributed by atoms with Gasteiger partial charge in [0.2, 0.25) is 0 Å². The number of unbranched alkanes of at least 4 members (excludes halogenated alkanes) is 34. The number of nitrogens with zero attached hydrogens (tertiary/aromatic N) is 1. The summed E-state index contributed by atoms with van der Waals surface area (Å²) in [5.74, 6) is -0.820. The molecule has 0 amide bonds. The van der Waals surface area contributed by atoms with Crippen LogP contribution in [0, 0.1) is 0 Å². The van der Waals surface area contributed by atoms with Gasteiger partial charge in [0, 0.05) is 12.8 Å². The van der Waals surface area contributed by atoms with E-state index >= 15 is 0 Å². The molecule has 0 radical (unpaired) electrons. The van der Waals surface area contributed by atoms with E-state index < -0.39 is 26.5 Å². The predicted octanol–water partition coefficient (Wildman–Crippen LogP) is 20.2. The number of ether oxygens (including phenoxy) is 2. The lowest BCUT2D eigenvalue weighted by molar-refractivity contribution is -0.870. The third-order valence-corrected chi connectivity index (χ3v) is 15.2. The van der Waals surface area contributed by atoms with Crippen molar-refractivity contribution in [2.45, 2.75) is 302 Å². The molecule has 0 aliphatic carbocycles. The lowest BCUT2D eigenvalue weighted by Gasteiger charge is -2.28. The van der Waals surface area contributed by atoms with Crippen LogP contribution in [0.5, 0.6) is 0 Å². The molecule has 0 rings (SSSR count). The Labute approximate surface area is 482 Å². The van der Waals surface area contributed by atoms with Crippen molar-refractivity contribution in [3.63, 3.8) is 0 Å². The van der Waals surface area contributed by atoms with E-state index in [0.29, 0.717) is 17.4 Å². The number of phosphoric acid groups is 1. The fourth-order valence-electron chi connectivity index (χ4n) is 9.25. The van der Waals surface area contributed by atoms with Crippen LogP contribution in [-0.4, -0.2) is 70.0 Å². The highest BCUT2D eigenvalue weighted by Gasteiger charge is 2.22. The van der Waals surface area contributed by atoms with E-state index in [1.54, 1.807) is 0 Å². The summed E-state index contributed by atoms with van der Waals surface area (Å²) in [6, 6.07) is 0. The van der Waals surface area contributed by atoms with E-state index in [1.165, 1.54) is 193 Å². The molecule has 9 nitrogen and oxygen atoms in total. The summed E-state index contributed by atoms with van der Waals surface area (Å²) in [7, 11) is 1.18. The Bertz CT molecular complexity index is 1550. The van der Waals surface area contributed by atoms with Gasteiger partial charge in [0.15, 0.2) is 6.10 Å². The van der Waals surface area contributed by atoms with Crippen molar-refractivity contribution < 1.29 is 42.1 Å². The smallest absolute Gasteiger partial charge is 0.306 e. The van der Waals surface area contributed by atoms with Crippen LogP contribution < -0.4 is 4.89 Å². The molecule has 78 heavy (non-hydrogen) atoms. The highest BCUT2D eigenvalue weighted by molar-refractivity contribution is 7.45. The first-order chi connectivity index (χ1) is 38.0. The number of likely N-dealkylation sites (N-methyl/N-ethyl adjacent to an activating group) is 1. The third kappa shape index (κ3) is 62.6. The highest BCUT2D eigenvalue weighted by Crippen LogP contribution is 2.38. The van der Waals surface area contributed by atoms with Gasteiger partial charge in [-0.2, -0.15) is 0 Å². The van der Waals surface area contributed by atoms with Crippen molar-refractivity contribution in [2.75, 3.05) is 47.5 Å². The van der Waals surface area contributed by atoms with Gasteiger partial charge in [0.05, 0.1) is 27.7 Å². The molecule has 0 aliphatic rings. The molecule has 0 aromatic rings. The van der Waals surface area contributed by atoms with Gasteiger partial charge < -0.3 is 27.9 Å². The van der Waals surface area contributed by atoms with Crippen molar-refractivity contribution >= 4 is 19.8 Å². The average Bonchev–Trinajstić information content (AvgIpc) is 3.40. The summed E-state index contributed by atoms with van der Waals surface area (Å²) in [5.41, 5.74) is 0. The van der Waals surface area contributed by atoms with E-state index in [9.17, 15) is 19.0 Å². The fourth-order valence-corrected chi connectivity index (χ4v) is 9.98. The van der Waals surface area contributed by atoms with E-state index in [1.807, 2.05) is 21.1 Å². The zero-order valence-electron chi connectivity index (χ0n) is 51.6. The van der Waals surface area contributed by atoms with Crippen LogP contribution >= 0.6 is 7.82 Å². The number of rotatable bonds is 60. The summed E-state index contributed by atoms with van der Waals surface area (Å²) in [4.78, 5) is 37.8. The molecule has 0 aromatic carbocycles. The number of esters is 2. The summed E-state index contributed by atoms with van der Waals surface area (Å²) >= 11 is 0. The Morgan fingerprint density at radius 2 is 0.731 bits per heavy atom. The van der Waals surface area contributed by atoms with Crippen molar-refractivity contribution in [1.29, 1.82) is 0 Å². The first-order valence-electron chi connectivity index (χ1n) is 32.6. The number of phosphoric ester groups is 1. The normalized spacial score (nSPS) is 13.7. The van der Waals surface area contributed by atoms with Crippen LogP contribution in [0.1, 0.15) is 296 Å². The van der Waals surface area contributed by atoms with Gasteiger partial charge in [-0.05, 0) is 64.2 Å². The summed E-state index contributed by atoms with van der Waals surface area (Å²) in [6.07, 6.45) is 78.5. The molecule has 0 saturated carbocycles. The van der Waals surface area contributed by atoms with Crippen LogP contribution in [-0.2, 0) is 32.7 Å². The zero-order chi connectivity index (χ0) is 57.0. The fraction of sp³-hybridized carbons (Fsp3) is 0.794. The van der Waals surface area contributed by atoms with E-state index in [0.717, 1.165) is 70.6 Å².